The van der Waals surface area contributed by atoms with Gasteiger partial charge in [0.25, 0.3) is 0 Å². The van der Waals surface area contributed by atoms with E-state index in [9.17, 15) is 9.59 Å². The summed E-state index contributed by atoms with van der Waals surface area (Å²) >= 11 is 0. The van der Waals surface area contributed by atoms with Gasteiger partial charge in [-0.25, -0.2) is 4.79 Å². The second-order valence-electron chi connectivity index (χ2n) is 4.57. The topological polar surface area (TPSA) is 64.6 Å². The fourth-order valence-corrected chi connectivity index (χ4v) is 1.63. The zero-order chi connectivity index (χ0) is 15.1. The normalized spacial score (nSPS) is 9.85. The SMILES string of the molecule is COc1ccc(NC(=O)CC(=C=O)C(C)C)c(OC)c1. The van der Waals surface area contributed by atoms with Gasteiger partial charge in [-0.3, -0.25) is 4.79 Å². The highest BCUT2D eigenvalue weighted by Gasteiger charge is 2.13. The molecular weight excluding hydrogens is 258 g/mol. The lowest BCUT2D eigenvalue weighted by atomic mass is 10.0. The zero-order valence-corrected chi connectivity index (χ0v) is 12.1. The van der Waals surface area contributed by atoms with Crippen LogP contribution in [0.15, 0.2) is 23.8 Å². The van der Waals surface area contributed by atoms with Gasteiger partial charge < -0.3 is 14.8 Å². The lowest BCUT2D eigenvalue weighted by molar-refractivity contribution is -0.115. The first kappa shape index (κ1) is 15.8. The number of hydrogen-bond donors (Lipinski definition) is 1. The van der Waals surface area contributed by atoms with E-state index in [-0.39, 0.29) is 18.2 Å². The predicted molar refractivity (Wildman–Crippen MR) is 76.8 cm³/mol. The molecule has 108 valence electrons. The number of rotatable bonds is 6. The summed E-state index contributed by atoms with van der Waals surface area (Å²) in [6.07, 6.45) is 0.0242. The van der Waals surface area contributed by atoms with Gasteiger partial charge in [-0.05, 0) is 18.1 Å². The lowest BCUT2D eigenvalue weighted by Gasteiger charge is -2.12. The molecule has 1 amide bonds. The van der Waals surface area contributed by atoms with E-state index in [2.05, 4.69) is 5.32 Å². The van der Waals surface area contributed by atoms with Crippen molar-refractivity contribution in [3.63, 3.8) is 0 Å². The van der Waals surface area contributed by atoms with E-state index < -0.39 is 0 Å². The average Bonchev–Trinajstić information content (AvgIpc) is 2.44. The molecule has 0 saturated carbocycles. The highest BCUT2D eigenvalue weighted by Crippen LogP contribution is 2.29. The predicted octanol–water partition coefficient (Wildman–Crippen LogP) is 2.45. The van der Waals surface area contributed by atoms with Crippen molar-refractivity contribution in [3.8, 4) is 11.5 Å². The molecule has 0 saturated heterocycles. The maximum atomic E-state index is 11.9. The van der Waals surface area contributed by atoms with E-state index in [1.54, 1.807) is 25.3 Å². The molecule has 1 rings (SSSR count). The minimum Gasteiger partial charge on any atom is -0.497 e. The van der Waals surface area contributed by atoms with Crippen molar-refractivity contribution >= 4 is 17.5 Å². The van der Waals surface area contributed by atoms with Gasteiger partial charge in [-0.15, -0.1) is 0 Å². The number of benzene rings is 1. The van der Waals surface area contributed by atoms with Gasteiger partial charge in [0.05, 0.1) is 26.3 Å². The Morgan fingerprint density at radius 2 is 2.00 bits per heavy atom. The third-order valence-electron chi connectivity index (χ3n) is 2.86. The molecule has 20 heavy (non-hydrogen) atoms. The Kier molecular flexibility index (Phi) is 5.81. The average molecular weight is 277 g/mol. The van der Waals surface area contributed by atoms with E-state index in [0.29, 0.717) is 22.8 Å². The minimum atomic E-state index is -0.277. The molecule has 0 fully saturated rings. The van der Waals surface area contributed by atoms with E-state index in [1.807, 2.05) is 19.8 Å². The summed E-state index contributed by atoms with van der Waals surface area (Å²) in [6, 6.07) is 5.08. The number of anilines is 1. The molecular formula is C15H19NO4. The molecule has 5 nitrogen and oxygen atoms in total. The Bertz CT molecular complexity index is 531. The van der Waals surface area contributed by atoms with Gasteiger partial charge in [0.2, 0.25) is 5.91 Å². The van der Waals surface area contributed by atoms with Gasteiger partial charge in [-0.1, -0.05) is 13.8 Å². The van der Waals surface area contributed by atoms with Crippen LogP contribution in [0.1, 0.15) is 20.3 Å². The molecule has 5 heteroatoms. The number of amides is 1. The Morgan fingerprint density at radius 1 is 1.30 bits per heavy atom. The summed E-state index contributed by atoms with van der Waals surface area (Å²) in [5, 5.41) is 2.71. The molecule has 0 unspecified atom stereocenters. The molecule has 0 aliphatic heterocycles. The van der Waals surface area contributed by atoms with Crippen LogP contribution in [0.2, 0.25) is 0 Å². The van der Waals surface area contributed by atoms with Crippen LogP contribution in [0, 0.1) is 5.92 Å². The third-order valence-corrected chi connectivity index (χ3v) is 2.86. The first-order valence-electron chi connectivity index (χ1n) is 6.27. The van der Waals surface area contributed by atoms with Crippen LogP contribution in [0.5, 0.6) is 11.5 Å². The fourth-order valence-electron chi connectivity index (χ4n) is 1.63. The Labute approximate surface area is 118 Å². The summed E-state index contributed by atoms with van der Waals surface area (Å²) in [5.74, 6) is 2.67. The number of carbonyl (C=O) groups excluding carboxylic acids is 2. The van der Waals surface area contributed by atoms with Crippen LogP contribution in [0.4, 0.5) is 5.69 Å². The second kappa shape index (κ2) is 7.36. The summed E-state index contributed by atoms with van der Waals surface area (Å²) in [7, 11) is 3.06. The highest BCUT2D eigenvalue weighted by molar-refractivity contribution is 5.94. The monoisotopic (exact) mass is 277 g/mol. The molecule has 1 N–H and O–H groups in total. The molecule has 1 aromatic rings. The molecule has 0 aromatic heterocycles. The van der Waals surface area contributed by atoms with Gasteiger partial charge in [0.15, 0.2) is 0 Å². The van der Waals surface area contributed by atoms with Gasteiger partial charge in [0.1, 0.15) is 17.4 Å². The fraction of sp³-hybridized carbons (Fsp3) is 0.400. The van der Waals surface area contributed by atoms with Crippen molar-refractivity contribution in [3.05, 3.63) is 23.8 Å². The number of ether oxygens (including phenoxy) is 2. The molecule has 0 bridgehead atoms. The van der Waals surface area contributed by atoms with Gasteiger partial charge >= 0.3 is 0 Å². The second-order valence-corrected chi connectivity index (χ2v) is 4.57. The Morgan fingerprint density at radius 3 is 2.50 bits per heavy atom. The quantitative estimate of drug-likeness (QED) is 0.811. The van der Waals surface area contributed by atoms with Crippen molar-refractivity contribution in [2.75, 3.05) is 19.5 Å². The molecule has 0 radical (unpaired) electrons. The highest BCUT2D eigenvalue weighted by atomic mass is 16.5. The summed E-state index contributed by atoms with van der Waals surface area (Å²) < 4.78 is 10.3. The van der Waals surface area contributed by atoms with Crippen LogP contribution < -0.4 is 14.8 Å². The number of carbonyl (C=O) groups is 1. The van der Waals surface area contributed by atoms with Crippen LogP contribution in [-0.2, 0) is 9.59 Å². The first-order valence-corrected chi connectivity index (χ1v) is 6.27. The lowest BCUT2D eigenvalue weighted by Crippen LogP contribution is -2.15. The zero-order valence-electron chi connectivity index (χ0n) is 12.1. The molecule has 0 heterocycles. The van der Waals surface area contributed by atoms with Gasteiger partial charge in [-0.2, -0.15) is 0 Å². The molecule has 0 atom stereocenters. The van der Waals surface area contributed by atoms with Gasteiger partial charge in [0, 0.05) is 11.6 Å². The maximum Gasteiger partial charge on any atom is 0.229 e. The Balaban J connectivity index is 2.83. The van der Waals surface area contributed by atoms with Crippen molar-refractivity contribution in [2.24, 2.45) is 5.92 Å². The Hall–Kier alpha value is -2.26. The smallest absolute Gasteiger partial charge is 0.229 e. The van der Waals surface area contributed by atoms with Crippen molar-refractivity contribution in [1.82, 2.24) is 0 Å². The number of nitrogens with one attached hydrogen (secondary N) is 1. The molecule has 0 aliphatic carbocycles. The third kappa shape index (κ3) is 4.14. The largest absolute Gasteiger partial charge is 0.497 e. The number of methoxy groups -OCH3 is 2. The summed E-state index contributed by atoms with van der Waals surface area (Å²) in [6.45, 7) is 3.70. The van der Waals surface area contributed by atoms with Crippen LogP contribution >= 0.6 is 0 Å². The standard InChI is InChI=1S/C15H19NO4/c1-10(2)11(9-17)7-15(18)16-13-6-5-12(19-3)8-14(13)20-4/h5-6,8,10H,7H2,1-4H3,(H,16,18). The van der Waals surface area contributed by atoms with Crippen molar-refractivity contribution in [2.45, 2.75) is 20.3 Å². The minimum absolute atomic E-state index is 0.00369. The molecule has 0 spiro atoms. The molecule has 0 aliphatic rings. The van der Waals surface area contributed by atoms with E-state index in [1.165, 1.54) is 7.11 Å². The summed E-state index contributed by atoms with van der Waals surface area (Å²) in [4.78, 5) is 22.7. The van der Waals surface area contributed by atoms with Crippen LogP contribution in [0.25, 0.3) is 0 Å². The maximum absolute atomic E-state index is 11.9. The summed E-state index contributed by atoms with van der Waals surface area (Å²) in [5.41, 5.74) is 0.974. The van der Waals surface area contributed by atoms with E-state index in [4.69, 9.17) is 9.47 Å². The molecule has 1 aromatic carbocycles. The first-order chi connectivity index (χ1) is 9.51. The van der Waals surface area contributed by atoms with E-state index in [0.717, 1.165) is 0 Å². The van der Waals surface area contributed by atoms with Crippen LogP contribution in [-0.4, -0.2) is 26.1 Å². The van der Waals surface area contributed by atoms with Crippen molar-refractivity contribution < 1.29 is 19.1 Å². The van der Waals surface area contributed by atoms with Crippen molar-refractivity contribution in [1.29, 1.82) is 0 Å². The van der Waals surface area contributed by atoms with Crippen LogP contribution in [0.3, 0.4) is 0 Å². The van der Waals surface area contributed by atoms with E-state index >= 15 is 0 Å². The number of hydrogen-bond acceptors (Lipinski definition) is 4.